The fraction of sp³-hybridized carbons (Fsp3) is 0.355. The summed E-state index contributed by atoms with van der Waals surface area (Å²) in [5.41, 5.74) is -0.0643. The van der Waals surface area contributed by atoms with Crippen molar-refractivity contribution in [2.24, 2.45) is 7.05 Å². The van der Waals surface area contributed by atoms with Crippen LogP contribution in [0.3, 0.4) is 0 Å². The van der Waals surface area contributed by atoms with Gasteiger partial charge in [-0.15, -0.1) is 10.2 Å². The molecule has 0 unspecified atom stereocenters. The maximum atomic E-state index is 15.3. The predicted octanol–water partition coefficient (Wildman–Crippen LogP) is 4.85. The first-order valence-electron chi connectivity index (χ1n) is 14.4. The van der Waals surface area contributed by atoms with Crippen LogP contribution in [0, 0.1) is 17.1 Å². The standard InChI is InChI=1S/C31H29F4N9O2/c1-43-17-39-42-28(43)22-15-38-25(31(33,34)35)13-20(22)19-11-26(41-30(3-4-30)5-6-36)40-27(12-19)44-16-23-21(29(44)45)9-18(10-24(23)32)14-37-7-8-46-2/h9-13,15,17,37H,3-5,7-8,14,16H2,1-2H3,(H,40,41). The van der Waals surface area contributed by atoms with Crippen molar-refractivity contribution in [1.29, 1.82) is 5.26 Å². The molecule has 238 valence electrons. The highest BCUT2D eigenvalue weighted by Gasteiger charge is 2.43. The van der Waals surface area contributed by atoms with Gasteiger partial charge in [0.05, 0.1) is 31.2 Å². The molecule has 0 radical (unpaired) electrons. The average Bonchev–Trinajstić information content (AvgIpc) is 3.48. The number of methoxy groups -OCH3 is 1. The number of nitriles is 1. The van der Waals surface area contributed by atoms with E-state index in [4.69, 9.17) is 4.74 Å². The second-order valence-electron chi connectivity index (χ2n) is 11.4. The van der Waals surface area contributed by atoms with Crippen LogP contribution in [0.5, 0.6) is 0 Å². The Morgan fingerprint density at radius 3 is 2.61 bits per heavy atom. The van der Waals surface area contributed by atoms with Gasteiger partial charge in [0.1, 0.15) is 29.5 Å². The van der Waals surface area contributed by atoms with E-state index in [9.17, 15) is 23.2 Å². The summed E-state index contributed by atoms with van der Waals surface area (Å²) < 4.78 is 63.6. The van der Waals surface area contributed by atoms with Gasteiger partial charge in [-0.25, -0.2) is 9.37 Å². The number of fused-ring (bicyclic) bond motifs is 1. The number of nitrogens with one attached hydrogen (secondary N) is 2. The van der Waals surface area contributed by atoms with E-state index >= 15 is 4.39 Å². The number of hydrogen-bond donors (Lipinski definition) is 2. The van der Waals surface area contributed by atoms with Gasteiger partial charge in [-0.2, -0.15) is 18.4 Å². The lowest BCUT2D eigenvalue weighted by Gasteiger charge is -2.21. The first-order chi connectivity index (χ1) is 22.0. The summed E-state index contributed by atoms with van der Waals surface area (Å²) >= 11 is 0. The summed E-state index contributed by atoms with van der Waals surface area (Å²) in [5.74, 6) is -0.429. The van der Waals surface area contributed by atoms with Crippen molar-refractivity contribution in [3.05, 3.63) is 71.1 Å². The Morgan fingerprint density at radius 1 is 1.13 bits per heavy atom. The summed E-state index contributed by atoms with van der Waals surface area (Å²) in [4.78, 5) is 23.3. The van der Waals surface area contributed by atoms with Gasteiger partial charge in [0.25, 0.3) is 5.91 Å². The Hall–Kier alpha value is -4.94. The van der Waals surface area contributed by atoms with Crippen LogP contribution >= 0.6 is 0 Å². The molecule has 11 nitrogen and oxygen atoms in total. The fourth-order valence-electron chi connectivity index (χ4n) is 5.46. The lowest BCUT2D eigenvalue weighted by molar-refractivity contribution is -0.141. The van der Waals surface area contributed by atoms with Crippen LogP contribution < -0.4 is 15.5 Å². The minimum Gasteiger partial charge on any atom is -0.383 e. The second kappa shape index (κ2) is 12.1. The molecule has 3 aromatic heterocycles. The van der Waals surface area contributed by atoms with Crippen molar-refractivity contribution in [2.75, 3.05) is 30.5 Å². The molecule has 1 fully saturated rings. The summed E-state index contributed by atoms with van der Waals surface area (Å²) in [6, 6.07) is 9.12. The molecule has 4 aromatic rings. The zero-order valence-corrected chi connectivity index (χ0v) is 25.0. The van der Waals surface area contributed by atoms with Crippen LogP contribution in [-0.4, -0.2) is 56.4 Å². The summed E-state index contributed by atoms with van der Waals surface area (Å²) in [5, 5.41) is 23.7. The van der Waals surface area contributed by atoms with Crippen molar-refractivity contribution in [3.8, 4) is 28.6 Å². The molecule has 2 N–H and O–H groups in total. The third-order valence-corrected chi connectivity index (χ3v) is 8.07. The van der Waals surface area contributed by atoms with Crippen LogP contribution in [0.25, 0.3) is 22.5 Å². The van der Waals surface area contributed by atoms with Gasteiger partial charge in [0.15, 0.2) is 5.82 Å². The molecular weight excluding hydrogens is 606 g/mol. The zero-order chi connectivity index (χ0) is 32.6. The quantitative estimate of drug-likeness (QED) is 0.175. The minimum absolute atomic E-state index is 0.0995. The molecule has 46 heavy (non-hydrogen) atoms. The molecule has 0 atom stereocenters. The van der Waals surface area contributed by atoms with Gasteiger partial charge >= 0.3 is 6.18 Å². The van der Waals surface area contributed by atoms with Crippen LogP contribution in [-0.2, 0) is 31.1 Å². The van der Waals surface area contributed by atoms with E-state index in [1.165, 1.54) is 23.4 Å². The Kier molecular flexibility index (Phi) is 8.17. The molecule has 1 aromatic carbocycles. The lowest BCUT2D eigenvalue weighted by Crippen LogP contribution is -2.26. The van der Waals surface area contributed by atoms with Crippen LogP contribution in [0.1, 0.15) is 46.4 Å². The van der Waals surface area contributed by atoms with Crippen molar-refractivity contribution >= 4 is 17.5 Å². The number of carbonyl (C=O) groups is 1. The Labute approximate surface area is 261 Å². The smallest absolute Gasteiger partial charge is 0.383 e. The summed E-state index contributed by atoms with van der Waals surface area (Å²) in [6.45, 7) is 1.19. The number of amides is 1. The number of rotatable bonds is 11. The van der Waals surface area contributed by atoms with Crippen LogP contribution in [0.15, 0.2) is 42.9 Å². The number of nitrogens with zero attached hydrogens (tertiary/aromatic N) is 7. The number of aromatic nitrogens is 5. The number of benzene rings is 1. The molecule has 0 spiro atoms. The molecular formula is C31H29F4N9O2. The largest absolute Gasteiger partial charge is 0.433 e. The van der Waals surface area contributed by atoms with Crippen LogP contribution in [0.4, 0.5) is 29.2 Å². The van der Waals surface area contributed by atoms with Gasteiger partial charge in [-0.3, -0.25) is 14.7 Å². The number of carbonyl (C=O) groups excluding carboxylic acids is 1. The zero-order valence-electron chi connectivity index (χ0n) is 25.0. The molecule has 1 aliphatic carbocycles. The van der Waals surface area contributed by atoms with Gasteiger partial charge in [-0.05, 0) is 59.9 Å². The number of anilines is 2. The number of aryl methyl sites for hydroxylation is 1. The first-order valence-corrected chi connectivity index (χ1v) is 14.4. The highest BCUT2D eigenvalue weighted by atomic mass is 19.4. The van der Waals surface area contributed by atoms with E-state index < -0.39 is 29.1 Å². The number of hydrogen-bond acceptors (Lipinski definition) is 9. The van der Waals surface area contributed by atoms with Crippen molar-refractivity contribution in [3.63, 3.8) is 0 Å². The highest BCUT2D eigenvalue weighted by Crippen LogP contribution is 2.44. The van der Waals surface area contributed by atoms with Crippen molar-refractivity contribution in [1.82, 2.24) is 30.0 Å². The second-order valence-corrected chi connectivity index (χ2v) is 11.4. The Morgan fingerprint density at radius 2 is 1.93 bits per heavy atom. The van der Waals surface area contributed by atoms with Crippen molar-refractivity contribution < 1.29 is 27.1 Å². The average molecular weight is 636 g/mol. The minimum atomic E-state index is -4.74. The molecule has 15 heteroatoms. The summed E-state index contributed by atoms with van der Waals surface area (Å²) in [7, 11) is 3.22. The van der Waals surface area contributed by atoms with Gasteiger partial charge < -0.3 is 19.9 Å². The Bertz CT molecular complexity index is 1850. The lowest BCUT2D eigenvalue weighted by atomic mass is 10.00. The van der Waals surface area contributed by atoms with E-state index in [0.29, 0.717) is 38.1 Å². The first kappa shape index (κ1) is 31.1. The number of pyridine rings is 2. The molecule has 0 saturated heterocycles. The molecule has 6 rings (SSSR count). The van der Waals surface area contributed by atoms with Gasteiger partial charge in [-0.1, -0.05) is 0 Å². The SMILES string of the molecule is COCCNCc1cc(F)c2c(c1)C(=O)N(c1cc(-c3cc(C(F)(F)F)ncc3-c3nncn3C)cc(NC3(CC#N)CC3)n1)C2. The predicted molar refractivity (Wildman–Crippen MR) is 159 cm³/mol. The monoisotopic (exact) mass is 635 g/mol. The topological polar surface area (TPSA) is 134 Å². The fourth-order valence-corrected chi connectivity index (χ4v) is 5.46. The van der Waals surface area contributed by atoms with Gasteiger partial charge in [0.2, 0.25) is 0 Å². The number of ether oxygens (including phenoxy) is 1. The molecule has 1 saturated carbocycles. The summed E-state index contributed by atoms with van der Waals surface area (Å²) in [6.07, 6.45) is -0.667. The van der Waals surface area contributed by atoms with Crippen LogP contribution in [0.2, 0.25) is 0 Å². The van der Waals surface area contributed by atoms with E-state index in [2.05, 4.69) is 36.9 Å². The van der Waals surface area contributed by atoms with E-state index in [0.717, 1.165) is 12.3 Å². The third-order valence-electron chi connectivity index (χ3n) is 8.07. The van der Waals surface area contributed by atoms with Crippen molar-refractivity contribution in [2.45, 2.75) is 44.1 Å². The number of halogens is 4. The Balaban J connectivity index is 1.45. The van der Waals surface area contributed by atoms with Gasteiger partial charge in [0, 0.05) is 50.1 Å². The molecule has 0 bridgehead atoms. The molecule has 2 aliphatic rings. The molecule has 4 heterocycles. The molecule has 1 aliphatic heterocycles. The van der Waals surface area contributed by atoms with E-state index in [1.807, 2.05) is 0 Å². The van der Waals surface area contributed by atoms with E-state index in [-0.39, 0.29) is 58.2 Å². The maximum Gasteiger partial charge on any atom is 0.433 e. The molecule has 1 amide bonds. The number of alkyl halides is 3. The third kappa shape index (κ3) is 6.13. The maximum absolute atomic E-state index is 15.3. The van der Waals surface area contributed by atoms with E-state index in [1.54, 1.807) is 30.9 Å². The normalized spacial score (nSPS) is 15.2. The highest BCUT2D eigenvalue weighted by molar-refractivity contribution is 6.10.